The number of likely N-dealkylation sites (tertiary alicyclic amines) is 1. The van der Waals surface area contributed by atoms with Crippen molar-refractivity contribution in [3.8, 4) is 17.6 Å². The predicted molar refractivity (Wildman–Crippen MR) is 83.3 cm³/mol. The van der Waals surface area contributed by atoms with Gasteiger partial charge in [0.05, 0.1) is 20.8 Å². The maximum Gasteiger partial charge on any atom is 0.261 e. The Morgan fingerprint density at radius 2 is 1.96 bits per heavy atom. The topological polar surface area (TPSA) is 91.6 Å². The summed E-state index contributed by atoms with van der Waals surface area (Å²) >= 11 is 0. The second kappa shape index (κ2) is 6.73. The molecule has 3 heterocycles. The van der Waals surface area contributed by atoms with Gasteiger partial charge in [0, 0.05) is 38.3 Å². The number of amides is 1. The van der Waals surface area contributed by atoms with Crippen molar-refractivity contribution < 1.29 is 19.0 Å². The number of nitrogens with zero attached hydrogens (tertiary/aromatic N) is 5. The molecule has 1 atom stereocenters. The summed E-state index contributed by atoms with van der Waals surface area (Å²) in [7, 11) is 4.77. The smallest absolute Gasteiger partial charge is 0.261 e. The fourth-order valence-corrected chi connectivity index (χ4v) is 2.60. The third kappa shape index (κ3) is 3.24. The van der Waals surface area contributed by atoms with Gasteiger partial charge in [-0.25, -0.2) is 0 Å². The first kappa shape index (κ1) is 16.0. The van der Waals surface area contributed by atoms with Crippen molar-refractivity contribution in [1.82, 2.24) is 24.9 Å². The molecule has 24 heavy (non-hydrogen) atoms. The van der Waals surface area contributed by atoms with Crippen molar-refractivity contribution in [1.29, 1.82) is 0 Å². The van der Waals surface area contributed by atoms with E-state index in [-0.39, 0.29) is 12.0 Å². The standard InChI is InChI=1S/C15H19N5O4/c1-19-9-11(14(18-19)23-3)15(21)20-7-6-10(8-20)24-13-5-4-12(22-2)16-17-13/h4-5,9-10H,6-8H2,1-3H3/t10-/m0/s1. The lowest BCUT2D eigenvalue weighted by atomic mass is 10.3. The van der Waals surface area contributed by atoms with Crippen molar-refractivity contribution in [2.75, 3.05) is 27.3 Å². The largest absolute Gasteiger partial charge is 0.480 e. The molecule has 2 aromatic heterocycles. The molecule has 0 N–H and O–H groups in total. The highest BCUT2D eigenvalue weighted by Crippen LogP contribution is 2.22. The Hall–Kier alpha value is -2.84. The highest BCUT2D eigenvalue weighted by Gasteiger charge is 2.31. The lowest BCUT2D eigenvalue weighted by Crippen LogP contribution is -2.31. The summed E-state index contributed by atoms with van der Waals surface area (Å²) in [6.07, 6.45) is 2.26. The van der Waals surface area contributed by atoms with Gasteiger partial charge < -0.3 is 19.1 Å². The SMILES string of the molecule is COc1ccc(O[C@H]2CCN(C(=O)c3cn(C)nc3OC)C2)nn1. The second-order valence-corrected chi connectivity index (χ2v) is 5.42. The number of hydrogen-bond donors (Lipinski definition) is 0. The van der Waals surface area contributed by atoms with Crippen LogP contribution in [0.4, 0.5) is 0 Å². The molecule has 0 radical (unpaired) electrons. The van der Waals surface area contributed by atoms with E-state index in [4.69, 9.17) is 14.2 Å². The van der Waals surface area contributed by atoms with Gasteiger partial charge >= 0.3 is 0 Å². The van der Waals surface area contributed by atoms with Crippen molar-refractivity contribution in [2.24, 2.45) is 7.05 Å². The average molecular weight is 333 g/mol. The van der Waals surface area contributed by atoms with Gasteiger partial charge in [0.2, 0.25) is 17.6 Å². The minimum Gasteiger partial charge on any atom is -0.480 e. The van der Waals surface area contributed by atoms with Crippen LogP contribution in [0.25, 0.3) is 0 Å². The lowest BCUT2D eigenvalue weighted by molar-refractivity contribution is 0.0767. The molecule has 0 aromatic carbocycles. The summed E-state index contributed by atoms with van der Waals surface area (Å²) < 4.78 is 17.4. The molecule has 0 aliphatic carbocycles. The Bertz CT molecular complexity index is 715. The van der Waals surface area contributed by atoms with E-state index >= 15 is 0 Å². The van der Waals surface area contributed by atoms with E-state index in [9.17, 15) is 4.79 Å². The summed E-state index contributed by atoms with van der Waals surface area (Å²) in [4.78, 5) is 14.3. The Labute approximate surface area is 139 Å². The van der Waals surface area contributed by atoms with Crippen LogP contribution in [0.5, 0.6) is 17.6 Å². The molecule has 3 rings (SSSR count). The fraction of sp³-hybridized carbons (Fsp3) is 0.467. The Kier molecular flexibility index (Phi) is 4.50. The van der Waals surface area contributed by atoms with E-state index in [1.165, 1.54) is 14.2 Å². The van der Waals surface area contributed by atoms with Crippen molar-refractivity contribution >= 4 is 5.91 Å². The van der Waals surface area contributed by atoms with Crippen molar-refractivity contribution in [3.63, 3.8) is 0 Å². The summed E-state index contributed by atoms with van der Waals surface area (Å²) in [5, 5.41) is 11.9. The molecular formula is C15H19N5O4. The molecule has 2 aromatic rings. The highest BCUT2D eigenvalue weighted by atomic mass is 16.5. The third-order valence-electron chi connectivity index (χ3n) is 3.76. The number of carbonyl (C=O) groups is 1. The number of rotatable bonds is 5. The monoisotopic (exact) mass is 333 g/mol. The quantitative estimate of drug-likeness (QED) is 0.787. The van der Waals surface area contributed by atoms with Gasteiger partial charge in [-0.05, 0) is 0 Å². The molecule has 9 nitrogen and oxygen atoms in total. The van der Waals surface area contributed by atoms with Crippen LogP contribution >= 0.6 is 0 Å². The molecule has 1 amide bonds. The minimum absolute atomic E-state index is 0.119. The van der Waals surface area contributed by atoms with E-state index in [2.05, 4.69) is 15.3 Å². The number of aryl methyl sites for hydroxylation is 1. The van der Waals surface area contributed by atoms with Crippen molar-refractivity contribution in [3.05, 3.63) is 23.9 Å². The molecule has 1 saturated heterocycles. The average Bonchev–Trinajstić information content (AvgIpc) is 3.21. The van der Waals surface area contributed by atoms with E-state index in [0.717, 1.165) is 6.42 Å². The molecule has 1 aliphatic heterocycles. The normalized spacial score (nSPS) is 17.0. The van der Waals surface area contributed by atoms with Gasteiger partial charge in [0.1, 0.15) is 11.7 Å². The number of ether oxygens (including phenoxy) is 3. The molecule has 0 bridgehead atoms. The Balaban J connectivity index is 1.63. The number of aromatic nitrogens is 4. The van der Waals surface area contributed by atoms with Crippen LogP contribution in [0, 0.1) is 0 Å². The first-order chi connectivity index (χ1) is 11.6. The Morgan fingerprint density at radius 3 is 2.62 bits per heavy atom. The third-order valence-corrected chi connectivity index (χ3v) is 3.76. The van der Waals surface area contributed by atoms with Gasteiger partial charge in [0.25, 0.3) is 5.91 Å². The van der Waals surface area contributed by atoms with Crippen LogP contribution in [-0.2, 0) is 7.05 Å². The lowest BCUT2D eigenvalue weighted by Gasteiger charge is -2.16. The molecule has 1 aliphatic rings. The number of methoxy groups -OCH3 is 2. The van der Waals surface area contributed by atoms with Crippen molar-refractivity contribution in [2.45, 2.75) is 12.5 Å². The van der Waals surface area contributed by atoms with E-state index in [1.54, 1.807) is 35.0 Å². The molecular weight excluding hydrogens is 314 g/mol. The number of carbonyl (C=O) groups excluding carboxylic acids is 1. The van der Waals surface area contributed by atoms with Gasteiger partial charge in [-0.15, -0.1) is 15.3 Å². The molecule has 0 spiro atoms. The minimum atomic E-state index is -0.126. The van der Waals surface area contributed by atoms with Crippen LogP contribution in [0.3, 0.4) is 0 Å². The zero-order valence-electron chi connectivity index (χ0n) is 13.8. The molecule has 0 unspecified atom stereocenters. The second-order valence-electron chi connectivity index (χ2n) is 5.42. The molecule has 1 fully saturated rings. The van der Waals surface area contributed by atoms with Gasteiger partial charge in [0.15, 0.2) is 0 Å². The fourth-order valence-electron chi connectivity index (χ4n) is 2.60. The summed E-state index contributed by atoms with van der Waals surface area (Å²) in [5.74, 6) is 1.04. The Morgan fingerprint density at radius 1 is 1.21 bits per heavy atom. The summed E-state index contributed by atoms with van der Waals surface area (Å²) in [5.41, 5.74) is 0.449. The zero-order valence-corrected chi connectivity index (χ0v) is 13.8. The molecule has 9 heteroatoms. The zero-order chi connectivity index (χ0) is 17.1. The summed E-state index contributed by atoms with van der Waals surface area (Å²) in [6, 6.07) is 3.38. The van der Waals surface area contributed by atoms with E-state index < -0.39 is 0 Å². The van der Waals surface area contributed by atoms with Crippen LogP contribution < -0.4 is 14.2 Å². The summed E-state index contributed by atoms with van der Waals surface area (Å²) in [6.45, 7) is 1.08. The first-order valence-electron chi connectivity index (χ1n) is 7.52. The van der Waals surface area contributed by atoms with E-state index in [1.807, 2.05) is 0 Å². The first-order valence-corrected chi connectivity index (χ1v) is 7.52. The molecule has 0 saturated carbocycles. The van der Waals surface area contributed by atoms with Gasteiger partial charge in [-0.2, -0.15) is 0 Å². The predicted octanol–water partition coefficient (Wildman–Crippen LogP) is 0.521. The maximum atomic E-state index is 12.6. The van der Waals surface area contributed by atoms with Crippen LogP contribution in [0.15, 0.2) is 18.3 Å². The molecule has 128 valence electrons. The van der Waals surface area contributed by atoms with Gasteiger partial charge in [-0.3, -0.25) is 9.48 Å². The number of hydrogen-bond acceptors (Lipinski definition) is 7. The van der Waals surface area contributed by atoms with Crippen LogP contribution in [0.1, 0.15) is 16.8 Å². The maximum absolute atomic E-state index is 12.6. The van der Waals surface area contributed by atoms with E-state index in [0.29, 0.717) is 36.3 Å². The van der Waals surface area contributed by atoms with Gasteiger partial charge in [-0.1, -0.05) is 0 Å². The van der Waals surface area contributed by atoms with Crippen LogP contribution in [-0.4, -0.2) is 64.2 Å². The van der Waals surface area contributed by atoms with Crippen LogP contribution in [0.2, 0.25) is 0 Å². The highest BCUT2D eigenvalue weighted by molar-refractivity contribution is 5.96.